The van der Waals surface area contributed by atoms with Crippen molar-refractivity contribution in [1.29, 1.82) is 0 Å². The fourth-order valence-electron chi connectivity index (χ4n) is 4.79. The molecule has 0 aliphatic carbocycles. The molecule has 0 aromatic heterocycles. The normalized spacial score (nSPS) is 18.8. The van der Waals surface area contributed by atoms with Crippen LogP contribution in [-0.2, 0) is 4.79 Å². The number of hydrogen-bond acceptors (Lipinski definition) is 5. The molecule has 4 rings (SSSR count). The molecule has 0 saturated carbocycles. The molecule has 1 amide bonds. The zero-order chi connectivity index (χ0) is 24.6. The Kier molecular flexibility index (Phi) is 8.42. The largest absolute Gasteiger partial charge is 0.494 e. The maximum atomic E-state index is 12.9. The summed E-state index contributed by atoms with van der Waals surface area (Å²) in [5, 5.41) is 8.73. The third-order valence-corrected chi connectivity index (χ3v) is 6.89. The van der Waals surface area contributed by atoms with E-state index < -0.39 is 5.97 Å². The smallest absolute Gasteiger partial charge is 0.328 e. The van der Waals surface area contributed by atoms with Crippen LogP contribution in [0.1, 0.15) is 42.1 Å². The van der Waals surface area contributed by atoms with Crippen molar-refractivity contribution in [2.45, 2.75) is 32.2 Å². The first-order chi connectivity index (χ1) is 17.0. The van der Waals surface area contributed by atoms with Crippen LogP contribution in [0.3, 0.4) is 0 Å². The van der Waals surface area contributed by atoms with Gasteiger partial charge >= 0.3 is 5.97 Å². The van der Waals surface area contributed by atoms with Crippen molar-refractivity contribution in [1.82, 2.24) is 9.80 Å². The van der Waals surface area contributed by atoms with Gasteiger partial charge in [-0.05, 0) is 80.8 Å². The molecular formula is C28H35N3O4. The number of carbonyl (C=O) groups is 2. The van der Waals surface area contributed by atoms with E-state index in [1.807, 2.05) is 17.0 Å². The number of carbonyl (C=O) groups excluding carboxylic acids is 1. The summed E-state index contributed by atoms with van der Waals surface area (Å²) in [6, 6.07) is 16.0. The van der Waals surface area contributed by atoms with Gasteiger partial charge in [0.2, 0.25) is 0 Å². The van der Waals surface area contributed by atoms with Gasteiger partial charge in [0.15, 0.2) is 0 Å². The van der Waals surface area contributed by atoms with Gasteiger partial charge in [0.25, 0.3) is 5.91 Å². The van der Waals surface area contributed by atoms with E-state index in [2.05, 4.69) is 28.9 Å². The topological polar surface area (TPSA) is 73.3 Å². The predicted octanol–water partition coefficient (Wildman–Crippen LogP) is 4.00. The Hall–Kier alpha value is -3.32. The Morgan fingerprint density at radius 1 is 1.00 bits per heavy atom. The zero-order valence-electron chi connectivity index (χ0n) is 20.4. The van der Waals surface area contributed by atoms with E-state index in [0.29, 0.717) is 24.7 Å². The molecule has 2 aromatic rings. The Balaban J connectivity index is 1.21. The molecule has 35 heavy (non-hydrogen) atoms. The van der Waals surface area contributed by atoms with E-state index in [4.69, 9.17) is 9.84 Å². The third-order valence-electron chi connectivity index (χ3n) is 6.89. The highest BCUT2D eigenvalue weighted by Gasteiger charge is 2.22. The molecule has 186 valence electrons. The van der Waals surface area contributed by atoms with Gasteiger partial charge in [-0.25, -0.2) is 4.79 Å². The van der Waals surface area contributed by atoms with Crippen LogP contribution in [0.15, 0.2) is 54.6 Å². The van der Waals surface area contributed by atoms with E-state index in [0.717, 1.165) is 55.7 Å². The van der Waals surface area contributed by atoms with Gasteiger partial charge in [0.1, 0.15) is 5.75 Å². The molecule has 1 unspecified atom stereocenters. The van der Waals surface area contributed by atoms with Crippen LogP contribution < -0.4 is 9.64 Å². The lowest BCUT2D eigenvalue weighted by Crippen LogP contribution is -2.48. The average Bonchev–Trinajstić information content (AvgIpc) is 3.30. The molecule has 0 spiro atoms. The second-order valence-electron chi connectivity index (χ2n) is 9.30. The highest BCUT2D eigenvalue weighted by Crippen LogP contribution is 2.22. The average molecular weight is 478 g/mol. The van der Waals surface area contributed by atoms with Gasteiger partial charge in [-0.2, -0.15) is 0 Å². The molecular weight excluding hydrogens is 442 g/mol. The van der Waals surface area contributed by atoms with Crippen LogP contribution in [-0.4, -0.2) is 78.7 Å². The van der Waals surface area contributed by atoms with Gasteiger partial charge in [-0.3, -0.25) is 4.79 Å². The van der Waals surface area contributed by atoms with Crippen molar-refractivity contribution >= 4 is 23.6 Å². The summed E-state index contributed by atoms with van der Waals surface area (Å²) >= 11 is 0. The number of aliphatic carboxylic acids is 1. The molecule has 2 aliphatic heterocycles. The van der Waals surface area contributed by atoms with E-state index in [1.54, 1.807) is 24.3 Å². The van der Waals surface area contributed by atoms with Crippen molar-refractivity contribution in [3.8, 4) is 5.75 Å². The van der Waals surface area contributed by atoms with Gasteiger partial charge < -0.3 is 24.5 Å². The van der Waals surface area contributed by atoms with Crippen LogP contribution in [0.5, 0.6) is 5.75 Å². The maximum Gasteiger partial charge on any atom is 0.328 e. The molecule has 2 aromatic carbocycles. The van der Waals surface area contributed by atoms with Crippen molar-refractivity contribution in [3.05, 3.63) is 65.7 Å². The molecule has 7 heteroatoms. The van der Waals surface area contributed by atoms with Crippen LogP contribution in [0.25, 0.3) is 6.08 Å². The summed E-state index contributed by atoms with van der Waals surface area (Å²) < 4.78 is 5.94. The molecule has 1 atom stereocenters. The first kappa shape index (κ1) is 24.8. The minimum absolute atomic E-state index is 0.00508. The molecule has 7 nitrogen and oxygen atoms in total. The van der Waals surface area contributed by atoms with Gasteiger partial charge in [0, 0.05) is 56.1 Å². The van der Waals surface area contributed by atoms with Crippen molar-refractivity contribution < 1.29 is 19.4 Å². The highest BCUT2D eigenvalue weighted by molar-refractivity contribution is 5.94. The van der Waals surface area contributed by atoms with Gasteiger partial charge in [-0.15, -0.1) is 0 Å². The molecule has 1 N–H and O–H groups in total. The third kappa shape index (κ3) is 6.85. The standard InChI is InChI=1S/C28H35N3O4/c1-22-4-2-15-29(22)16-3-21-35-26-12-10-25(11-13-26)30-17-19-31(20-18-30)28(34)24-8-5-23(6-9-24)7-14-27(32)33/h5-14,22H,2-4,15-21H2,1H3,(H,32,33). The second kappa shape index (κ2) is 11.9. The molecule has 2 saturated heterocycles. The maximum absolute atomic E-state index is 12.9. The number of ether oxygens (including phenoxy) is 1. The summed E-state index contributed by atoms with van der Waals surface area (Å²) in [6.45, 7) is 8.24. The lowest BCUT2D eigenvalue weighted by atomic mass is 10.1. The second-order valence-corrected chi connectivity index (χ2v) is 9.30. The first-order valence-electron chi connectivity index (χ1n) is 12.5. The van der Waals surface area contributed by atoms with Crippen LogP contribution >= 0.6 is 0 Å². The fourth-order valence-corrected chi connectivity index (χ4v) is 4.79. The molecule has 0 bridgehead atoms. The molecule has 2 aliphatic rings. The van der Waals surface area contributed by atoms with Crippen molar-refractivity contribution in [3.63, 3.8) is 0 Å². The number of amides is 1. The van der Waals surface area contributed by atoms with Crippen LogP contribution in [0.2, 0.25) is 0 Å². The number of piperazine rings is 1. The number of benzene rings is 2. The number of hydrogen-bond donors (Lipinski definition) is 1. The molecule has 2 heterocycles. The number of carboxylic acids is 1. The van der Waals surface area contributed by atoms with E-state index >= 15 is 0 Å². The summed E-state index contributed by atoms with van der Waals surface area (Å²) in [7, 11) is 0. The quantitative estimate of drug-likeness (QED) is 0.435. The predicted molar refractivity (Wildman–Crippen MR) is 138 cm³/mol. The first-order valence-corrected chi connectivity index (χ1v) is 12.5. The van der Waals surface area contributed by atoms with E-state index in [1.165, 1.54) is 25.5 Å². The summed E-state index contributed by atoms with van der Waals surface area (Å²) in [5.74, 6) is -0.0861. The number of nitrogens with zero attached hydrogens (tertiary/aromatic N) is 3. The lowest BCUT2D eigenvalue weighted by molar-refractivity contribution is -0.131. The fraction of sp³-hybridized carbons (Fsp3) is 0.429. The van der Waals surface area contributed by atoms with Crippen LogP contribution in [0.4, 0.5) is 5.69 Å². The number of rotatable bonds is 9. The Morgan fingerprint density at radius 3 is 2.34 bits per heavy atom. The molecule has 2 fully saturated rings. The molecule has 0 radical (unpaired) electrons. The van der Waals surface area contributed by atoms with Crippen molar-refractivity contribution in [2.75, 3.05) is 50.8 Å². The number of carboxylic acid groups (broad SMARTS) is 1. The SMILES string of the molecule is CC1CCCN1CCCOc1ccc(N2CCN(C(=O)c3ccc(C=CC(=O)O)cc3)CC2)cc1. The summed E-state index contributed by atoms with van der Waals surface area (Å²) in [4.78, 5) is 30.2. The van der Waals surface area contributed by atoms with Gasteiger partial charge in [0.05, 0.1) is 6.61 Å². The summed E-state index contributed by atoms with van der Waals surface area (Å²) in [5.41, 5.74) is 2.51. The summed E-state index contributed by atoms with van der Waals surface area (Å²) in [6.07, 6.45) is 6.27. The van der Waals surface area contributed by atoms with Crippen LogP contribution in [0, 0.1) is 0 Å². The highest BCUT2D eigenvalue weighted by atomic mass is 16.5. The Morgan fingerprint density at radius 2 is 1.71 bits per heavy atom. The zero-order valence-corrected chi connectivity index (χ0v) is 20.4. The van der Waals surface area contributed by atoms with E-state index in [-0.39, 0.29) is 5.91 Å². The number of anilines is 1. The Labute approximate surface area is 207 Å². The number of likely N-dealkylation sites (tertiary alicyclic amines) is 1. The van der Waals surface area contributed by atoms with Gasteiger partial charge in [-0.1, -0.05) is 12.1 Å². The Bertz CT molecular complexity index is 1010. The van der Waals surface area contributed by atoms with E-state index in [9.17, 15) is 9.59 Å². The van der Waals surface area contributed by atoms with Crippen molar-refractivity contribution in [2.24, 2.45) is 0 Å². The monoisotopic (exact) mass is 477 g/mol. The minimum Gasteiger partial charge on any atom is -0.494 e. The minimum atomic E-state index is -0.993. The lowest BCUT2D eigenvalue weighted by Gasteiger charge is -2.36.